The van der Waals surface area contributed by atoms with Crippen LogP contribution in [0.4, 0.5) is 0 Å². The van der Waals surface area contributed by atoms with E-state index in [2.05, 4.69) is 16.0 Å². The van der Waals surface area contributed by atoms with Crippen LogP contribution >= 0.6 is 11.8 Å². The summed E-state index contributed by atoms with van der Waals surface area (Å²) in [5.41, 5.74) is 6.68. The topological polar surface area (TPSA) is 188 Å². The number of carbonyl (C=O) groups excluding carboxylic acids is 3. The second-order valence-corrected chi connectivity index (χ2v) is 9.81. The Morgan fingerprint density at radius 2 is 1.44 bits per heavy atom. The van der Waals surface area contributed by atoms with Gasteiger partial charge in [-0.05, 0) is 36.3 Å². The molecule has 0 aliphatic carbocycles. The van der Waals surface area contributed by atoms with Crippen LogP contribution in [0.3, 0.4) is 0 Å². The van der Waals surface area contributed by atoms with Crippen molar-refractivity contribution in [2.75, 3.05) is 12.0 Å². The molecule has 0 bridgehead atoms. The van der Waals surface area contributed by atoms with Gasteiger partial charge in [-0.3, -0.25) is 19.2 Å². The highest BCUT2D eigenvalue weighted by molar-refractivity contribution is 7.98. The standard InChI is InChI=1S/C24H36N4O7S/c1-14(2)11-16(25)21(31)27-18(12-15-7-5-4-6-8-15)22(32)28-19(13-20(29)30)23(33)26-17(24(34)35)9-10-36-3/h4-8,14,16-19H,9-13,25H2,1-3H3,(H,26,33)(H,27,31)(H,28,32)(H,29,30)(H,34,35). The summed E-state index contributed by atoms with van der Waals surface area (Å²) in [7, 11) is 0. The number of rotatable bonds is 16. The molecule has 0 saturated carbocycles. The molecule has 0 spiro atoms. The number of carboxylic acids is 2. The average molecular weight is 525 g/mol. The summed E-state index contributed by atoms with van der Waals surface area (Å²) in [6.07, 6.45) is 1.59. The molecule has 12 heteroatoms. The SMILES string of the molecule is CSCCC(NC(=O)C(CC(=O)O)NC(=O)C(Cc1ccccc1)NC(=O)C(N)CC(C)C)C(=O)O. The van der Waals surface area contributed by atoms with Crippen molar-refractivity contribution >= 4 is 41.4 Å². The maximum Gasteiger partial charge on any atom is 0.326 e. The van der Waals surface area contributed by atoms with Crippen LogP contribution in [0.1, 0.15) is 38.7 Å². The van der Waals surface area contributed by atoms with E-state index in [0.717, 1.165) is 5.56 Å². The third kappa shape index (κ3) is 11.5. The molecule has 0 aromatic heterocycles. The van der Waals surface area contributed by atoms with E-state index in [4.69, 9.17) is 5.73 Å². The van der Waals surface area contributed by atoms with Gasteiger partial charge in [0.05, 0.1) is 12.5 Å². The van der Waals surface area contributed by atoms with Gasteiger partial charge in [-0.1, -0.05) is 44.2 Å². The molecule has 36 heavy (non-hydrogen) atoms. The van der Waals surface area contributed by atoms with Crippen molar-refractivity contribution in [3.8, 4) is 0 Å². The van der Waals surface area contributed by atoms with E-state index in [9.17, 15) is 34.2 Å². The highest BCUT2D eigenvalue weighted by Crippen LogP contribution is 2.08. The average Bonchev–Trinajstić information content (AvgIpc) is 2.80. The smallest absolute Gasteiger partial charge is 0.326 e. The summed E-state index contributed by atoms with van der Waals surface area (Å²) in [4.78, 5) is 61.4. The molecule has 1 aromatic rings. The van der Waals surface area contributed by atoms with Crippen LogP contribution in [0.5, 0.6) is 0 Å². The van der Waals surface area contributed by atoms with Crippen molar-refractivity contribution in [2.24, 2.45) is 11.7 Å². The van der Waals surface area contributed by atoms with Crippen molar-refractivity contribution < 1.29 is 34.2 Å². The number of carbonyl (C=O) groups is 5. The second-order valence-electron chi connectivity index (χ2n) is 8.83. The third-order valence-corrected chi connectivity index (χ3v) is 5.86. The van der Waals surface area contributed by atoms with Crippen molar-refractivity contribution in [3.63, 3.8) is 0 Å². The molecule has 1 rings (SSSR count). The van der Waals surface area contributed by atoms with Gasteiger partial charge < -0.3 is 31.9 Å². The first kappa shape index (κ1) is 30.9. The fourth-order valence-corrected chi connectivity index (χ4v) is 3.85. The molecule has 0 heterocycles. The van der Waals surface area contributed by atoms with Crippen LogP contribution in [0.2, 0.25) is 0 Å². The van der Waals surface area contributed by atoms with Crippen molar-refractivity contribution in [2.45, 2.75) is 63.7 Å². The Balaban J connectivity index is 3.09. The number of carboxylic acid groups (broad SMARTS) is 2. The van der Waals surface area contributed by atoms with E-state index in [0.29, 0.717) is 12.2 Å². The van der Waals surface area contributed by atoms with Gasteiger partial charge in [0.15, 0.2) is 0 Å². The number of aliphatic carboxylic acids is 2. The van der Waals surface area contributed by atoms with E-state index in [1.165, 1.54) is 11.8 Å². The van der Waals surface area contributed by atoms with Gasteiger partial charge in [-0.15, -0.1) is 0 Å². The van der Waals surface area contributed by atoms with Gasteiger partial charge in [0, 0.05) is 6.42 Å². The Morgan fingerprint density at radius 3 is 1.97 bits per heavy atom. The Labute approximate surface area is 215 Å². The van der Waals surface area contributed by atoms with Crippen LogP contribution in [-0.2, 0) is 30.4 Å². The van der Waals surface area contributed by atoms with Gasteiger partial charge in [-0.2, -0.15) is 11.8 Å². The summed E-state index contributed by atoms with van der Waals surface area (Å²) >= 11 is 1.39. The zero-order valence-corrected chi connectivity index (χ0v) is 21.5. The summed E-state index contributed by atoms with van der Waals surface area (Å²) in [6.45, 7) is 3.81. The number of nitrogens with one attached hydrogen (secondary N) is 3. The molecule has 11 nitrogen and oxygen atoms in total. The summed E-state index contributed by atoms with van der Waals surface area (Å²) in [5.74, 6) is -4.33. The van der Waals surface area contributed by atoms with Crippen LogP contribution in [0.25, 0.3) is 0 Å². The molecule has 7 N–H and O–H groups in total. The molecule has 1 aromatic carbocycles. The van der Waals surface area contributed by atoms with E-state index < -0.39 is 60.2 Å². The lowest BCUT2D eigenvalue weighted by Gasteiger charge is -2.25. The number of hydrogen-bond acceptors (Lipinski definition) is 7. The van der Waals surface area contributed by atoms with E-state index >= 15 is 0 Å². The van der Waals surface area contributed by atoms with Crippen LogP contribution < -0.4 is 21.7 Å². The fourth-order valence-electron chi connectivity index (χ4n) is 3.37. The third-order valence-electron chi connectivity index (χ3n) is 5.21. The molecule has 3 amide bonds. The van der Waals surface area contributed by atoms with Gasteiger partial charge in [-0.25, -0.2) is 4.79 Å². The van der Waals surface area contributed by atoms with Crippen LogP contribution in [-0.4, -0.2) is 76.0 Å². The van der Waals surface area contributed by atoms with E-state index in [1.54, 1.807) is 36.6 Å². The first-order valence-electron chi connectivity index (χ1n) is 11.6. The van der Waals surface area contributed by atoms with Crippen molar-refractivity contribution in [3.05, 3.63) is 35.9 Å². The summed E-state index contributed by atoms with van der Waals surface area (Å²) in [5, 5.41) is 25.9. The zero-order chi connectivity index (χ0) is 27.3. The van der Waals surface area contributed by atoms with Crippen LogP contribution in [0.15, 0.2) is 30.3 Å². The van der Waals surface area contributed by atoms with Gasteiger partial charge in [0.25, 0.3) is 0 Å². The Morgan fingerprint density at radius 1 is 0.889 bits per heavy atom. The maximum atomic E-state index is 13.2. The molecule has 4 unspecified atom stereocenters. The minimum atomic E-state index is -1.55. The molecule has 4 atom stereocenters. The quantitative estimate of drug-likeness (QED) is 0.177. The molecule has 0 aliphatic rings. The Bertz CT molecular complexity index is 898. The largest absolute Gasteiger partial charge is 0.481 e. The minimum Gasteiger partial charge on any atom is -0.481 e. The molecule has 0 saturated heterocycles. The fraction of sp³-hybridized carbons (Fsp3) is 0.542. The first-order chi connectivity index (χ1) is 16.9. The zero-order valence-electron chi connectivity index (χ0n) is 20.7. The summed E-state index contributed by atoms with van der Waals surface area (Å²) in [6, 6.07) is 4.03. The molecular weight excluding hydrogens is 488 g/mol. The number of hydrogen-bond donors (Lipinski definition) is 6. The molecule has 0 radical (unpaired) electrons. The lowest BCUT2D eigenvalue weighted by atomic mass is 10.0. The molecule has 0 aliphatic heterocycles. The van der Waals surface area contributed by atoms with Gasteiger partial charge >= 0.3 is 11.9 Å². The molecular formula is C24H36N4O7S. The first-order valence-corrected chi connectivity index (χ1v) is 13.0. The number of amides is 3. The predicted molar refractivity (Wildman–Crippen MR) is 136 cm³/mol. The monoisotopic (exact) mass is 524 g/mol. The highest BCUT2D eigenvalue weighted by atomic mass is 32.2. The highest BCUT2D eigenvalue weighted by Gasteiger charge is 2.31. The number of benzene rings is 1. The van der Waals surface area contributed by atoms with E-state index in [1.807, 2.05) is 13.8 Å². The second kappa shape index (κ2) is 15.8. The number of thioether (sulfide) groups is 1. The number of nitrogens with two attached hydrogens (primary N) is 1. The van der Waals surface area contributed by atoms with E-state index in [-0.39, 0.29) is 18.8 Å². The van der Waals surface area contributed by atoms with Crippen LogP contribution in [0, 0.1) is 5.92 Å². The van der Waals surface area contributed by atoms with Crippen molar-refractivity contribution in [1.82, 2.24) is 16.0 Å². The molecule has 0 fully saturated rings. The van der Waals surface area contributed by atoms with Crippen molar-refractivity contribution in [1.29, 1.82) is 0 Å². The Kier molecular flexibility index (Phi) is 13.6. The lowest BCUT2D eigenvalue weighted by Crippen LogP contribution is -2.58. The van der Waals surface area contributed by atoms with Gasteiger partial charge in [0.1, 0.15) is 18.1 Å². The van der Waals surface area contributed by atoms with Gasteiger partial charge in [0.2, 0.25) is 17.7 Å². The Hall–Kier alpha value is -3.12. The maximum absolute atomic E-state index is 13.2. The predicted octanol–water partition coefficient (Wildman–Crippen LogP) is 0.369. The minimum absolute atomic E-state index is 0.0691. The lowest BCUT2D eigenvalue weighted by molar-refractivity contribution is -0.143. The normalized spacial score (nSPS) is 14.2. The summed E-state index contributed by atoms with van der Waals surface area (Å²) < 4.78 is 0. The molecule has 200 valence electrons.